The normalized spacial score (nSPS) is 15.5. The topological polar surface area (TPSA) is 121 Å². The first-order valence-electron chi connectivity index (χ1n) is 9.44. The summed E-state index contributed by atoms with van der Waals surface area (Å²) >= 11 is 2.37. The summed E-state index contributed by atoms with van der Waals surface area (Å²) in [5.41, 5.74) is 0.794. The first-order chi connectivity index (χ1) is 14.7. The summed E-state index contributed by atoms with van der Waals surface area (Å²) in [6.07, 6.45) is 2.07. The van der Waals surface area contributed by atoms with Gasteiger partial charge in [-0.2, -0.15) is 0 Å². The van der Waals surface area contributed by atoms with Gasteiger partial charge in [-0.05, 0) is 30.5 Å². The zero-order valence-electron chi connectivity index (χ0n) is 16.7. The van der Waals surface area contributed by atoms with Crippen molar-refractivity contribution in [1.29, 1.82) is 0 Å². The largest absolute Gasteiger partial charge is 0.351 e. The van der Waals surface area contributed by atoms with E-state index in [1.165, 1.54) is 39.5 Å². The Bertz CT molecular complexity index is 1020. The molecular formula is C18H22FN5O4S3. The molecule has 13 heteroatoms. The van der Waals surface area contributed by atoms with Crippen LogP contribution in [0.1, 0.15) is 18.4 Å². The molecule has 3 rings (SSSR count). The molecule has 0 unspecified atom stereocenters. The zero-order chi connectivity index (χ0) is 22.4. The molecule has 2 aromatic rings. The van der Waals surface area contributed by atoms with Crippen LogP contribution in [0, 0.1) is 11.7 Å². The fourth-order valence-corrected chi connectivity index (χ4v) is 5.42. The van der Waals surface area contributed by atoms with Gasteiger partial charge in [-0.1, -0.05) is 35.2 Å². The van der Waals surface area contributed by atoms with Crippen molar-refractivity contribution in [2.45, 2.75) is 23.7 Å². The number of benzene rings is 1. The van der Waals surface area contributed by atoms with Gasteiger partial charge in [-0.3, -0.25) is 9.59 Å². The van der Waals surface area contributed by atoms with Crippen LogP contribution in [0.25, 0.3) is 0 Å². The second-order valence-corrected chi connectivity index (χ2v) is 11.2. The number of anilines is 1. The molecule has 2 amide bonds. The van der Waals surface area contributed by atoms with E-state index in [0.717, 1.165) is 11.8 Å². The van der Waals surface area contributed by atoms with Crippen LogP contribution < -0.4 is 10.6 Å². The van der Waals surface area contributed by atoms with Gasteiger partial charge in [0.05, 0.1) is 12.0 Å². The van der Waals surface area contributed by atoms with Gasteiger partial charge in [0.1, 0.15) is 5.82 Å². The van der Waals surface area contributed by atoms with Crippen molar-refractivity contribution in [3.8, 4) is 0 Å². The number of halogens is 1. The number of carbonyl (C=O) groups is 2. The van der Waals surface area contributed by atoms with E-state index in [1.807, 2.05) is 0 Å². The first kappa shape index (κ1) is 23.6. The number of nitrogens with zero attached hydrogens (tertiary/aromatic N) is 3. The van der Waals surface area contributed by atoms with E-state index in [9.17, 15) is 22.4 Å². The molecule has 1 aromatic heterocycles. The molecule has 1 aromatic carbocycles. The Morgan fingerprint density at radius 1 is 1.23 bits per heavy atom. The molecule has 1 fully saturated rings. The lowest BCUT2D eigenvalue weighted by Crippen LogP contribution is -2.40. The molecule has 0 saturated carbocycles. The van der Waals surface area contributed by atoms with Crippen LogP contribution in [0.4, 0.5) is 9.52 Å². The van der Waals surface area contributed by atoms with Gasteiger partial charge in [0, 0.05) is 25.6 Å². The Kier molecular flexibility index (Phi) is 7.97. The third kappa shape index (κ3) is 7.23. The predicted octanol–water partition coefficient (Wildman–Crippen LogP) is 1.70. The number of rotatable bonds is 8. The number of carbonyl (C=O) groups excluding carboxylic acids is 2. The van der Waals surface area contributed by atoms with Crippen molar-refractivity contribution in [3.63, 3.8) is 0 Å². The molecule has 0 atom stereocenters. The highest BCUT2D eigenvalue weighted by Crippen LogP contribution is 2.27. The van der Waals surface area contributed by atoms with E-state index in [-0.39, 0.29) is 29.3 Å². The van der Waals surface area contributed by atoms with Crippen LogP contribution in [-0.2, 0) is 26.2 Å². The quantitative estimate of drug-likeness (QED) is 0.429. The molecule has 2 heterocycles. The number of aromatic nitrogens is 2. The van der Waals surface area contributed by atoms with Crippen LogP contribution in [0.2, 0.25) is 0 Å². The number of hydrogen-bond donors (Lipinski definition) is 2. The maximum Gasteiger partial charge on any atom is 0.230 e. The average molecular weight is 488 g/mol. The molecule has 1 aliphatic rings. The lowest BCUT2D eigenvalue weighted by atomic mass is 9.97. The molecule has 0 bridgehead atoms. The summed E-state index contributed by atoms with van der Waals surface area (Å²) in [7, 11) is -3.23. The van der Waals surface area contributed by atoms with Gasteiger partial charge >= 0.3 is 0 Å². The van der Waals surface area contributed by atoms with E-state index in [1.54, 1.807) is 12.1 Å². The highest BCUT2D eigenvalue weighted by Gasteiger charge is 2.29. The molecule has 168 valence electrons. The fourth-order valence-electron chi connectivity index (χ4n) is 2.96. The molecule has 2 N–H and O–H groups in total. The molecule has 1 saturated heterocycles. The molecule has 0 aliphatic carbocycles. The Hall–Kier alpha value is -2.09. The SMILES string of the molecule is CS(=O)(=O)N1CCC(C(=O)Nc2nnc(SCC(=O)NCc3ccc(F)cc3)s2)CC1. The molecule has 1 aliphatic heterocycles. The summed E-state index contributed by atoms with van der Waals surface area (Å²) in [5.74, 6) is -0.890. The standard InChI is InChI=1S/C18H22FN5O4S3/c1-31(27,28)24-8-6-13(7-9-24)16(26)21-17-22-23-18(30-17)29-11-15(25)20-10-12-2-4-14(19)5-3-12/h2-5,13H,6-11H2,1H3,(H,20,25)(H,21,22,26). The van der Waals surface area contributed by atoms with Crippen molar-refractivity contribution >= 4 is 50.1 Å². The van der Waals surface area contributed by atoms with Crippen molar-refractivity contribution < 1.29 is 22.4 Å². The number of sulfonamides is 1. The third-order valence-corrected chi connectivity index (χ3v) is 7.94. The van der Waals surface area contributed by atoms with Gasteiger partial charge in [-0.15, -0.1) is 10.2 Å². The number of amides is 2. The second-order valence-electron chi connectivity index (χ2n) is 6.99. The van der Waals surface area contributed by atoms with Gasteiger partial charge in [-0.25, -0.2) is 17.1 Å². The highest BCUT2D eigenvalue weighted by molar-refractivity contribution is 8.01. The molecule has 0 radical (unpaired) electrons. The highest BCUT2D eigenvalue weighted by atomic mass is 32.2. The van der Waals surface area contributed by atoms with Crippen molar-refractivity contribution in [2.75, 3.05) is 30.4 Å². The van der Waals surface area contributed by atoms with E-state index < -0.39 is 10.0 Å². The lowest BCUT2D eigenvalue weighted by molar-refractivity contribution is -0.121. The second kappa shape index (κ2) is 10.5. The van der Waals surface area contributed by atoms with Crippen LogP contribution in [-0.4, -0.2) is 59.8 Å². The minimum atomic E-state index is -3.23. The number of hydrogen-bond acceptors (Lipinski definition) is 8. The number of piperidine rings is 1. The lowest BCUT2D eigenvalue weighted by Gasteiger charge is -2.29. The Balaban J connectivity index is 1.40. The summed E-state index contributed by atoms with van der Waals surface area (Å²) in [4.78, 5) is 24.4. The zero-order valence-corrected chi connectivity index (χ0v) is 19.2. The average Bonchev–Trinajstić information content (AvgIpc) is 3.18. The maximum atomic E-state index is 12.9. The van der Waals surface area contributed by atoms with Gasteiger partial charge in [0.15, 0.2) is 4.34 Å². The summed E-state index contributed by atoms with van der Waals surface area (Å²) < 4.78 is 37.9. The smallest absolute Gasteiger partial charge is 0.230 e. The van der Waals surface area contributed by atoms with Crippen LogP contribution >= 0.6 is 23.1 Å². The minimum absolute atomic E-state index is 0.133. The fraction of sp³-hybridized carbons (Fsp3) is 0.444. The molecule has 31 heavy (non-hydrogen) atoms. The van der Waals surface area contributed by atoms with Crippen molar-refractivity contribution in [1.82, 2.24) is 19.8 Å². The molecular weight excluding hydrogens is 465 g/mol. The summed E-state index contributed by atoms with van der Waals surface area (Å²) in [6, 6.07) is 5.88. The van der Waals surface area contributed by atoms with E-state index in [4.69, 9.17) is 0 Å². The van der Waals surface area contributed by atoms with Gasteiger partial charge in [0.25, 0.3) is 0 Å². The summed E-state index contributed by atoms with van der Waals surface area (Å²) in [6.45, 7) is 0.942. The maximum absolute atomic E-state index is 12.9. The summed E-state index contributed by atoms with van der Waals surface area (Å²) in [5, 5.41) is 13.7. The van der Waals surface area contributed by atoms with E-state index in [0.29, 0.717) is 41.9 Å². The third-order valence-electron chi connectivity index (χ3n) is 4.66. The molecule has 0 spiro atoms. The number of thioether (sulfide) groups is 1. The van der Waals surface area contributed by atoms with Crippen LogP contribution in [0.5, 0.6) is 0 Å². The Morgan fingerprint density at radius 3 is 2.55 bits per heavy atom. The Labute approximate surface area is 187 Å². The van der Waals surface area contributed by atoms with Crippen molar-refractivity contribution in [2.24, 2.45) is 5.92 Å². The molecule has 9 nitrogen and oxygen atoms in total. The van der Waals surface area contributed by atoms with E-state index >= 15 is 0 Å². The van der Waals surface area contributed by atoms with E-state index in [2.05, 4.69) is 20.8 Å². The van der Waals surface area contributed by atoms with Gasteiger partial charge in [0.2, 0.25) is 27.0 Å². The first-order valence-corrected chi connectivity index (χ1v) is 13.1. The number of nitrogens with one attached hydrogen (secondary N) is 2. The monoisotopic (exact) mass is 487 g/mol. The predicted molar refractivity (Wildman–Crippen MR) is 117 cm³/mol. The van der Waals surface area contributed by atoms with Crippen LogP contribution in [0.3, 0.4) is 0 Å². The van der Waals surface area contributed by atoms with Crippen LogP contribution in [0.15, 0.2) is 28.6 Å². The Morgan fingerprint density at radius 2 is 1.90 bits per heavy atom. The minimum Gasteiger partial charge on any atom is -0.351 e. The van der Waals surface area contributed by atoms with Crippen molar-refractivity contribution in [3.05, 3.63) is 35.6 Å². The van der Waals surface area contributed by atoms with Gasteiger partial charge < -0.3 is 10.6 Å².